The third-order valence-corrected chi connectivity index (χ3v) is 2.99. The molecule has 0 fully saturated rings. The SMILES string of the molecule is COc1cc(Br)cc(C(N)CO)c1C(C)C. The molecule has 0 aliphatic heterocycles. The number of hydrogen-bond donors (Lipinski definition) is 2. The molecule has 4 heteroatoms. The number of nitrogens with two attached hydrogens (primary N) is 1. The smallest absolute Gasteiger partial charge is 0.123 e. The Kier molecular flexibility index (Phi) is 4.77. The summed E-state index contributed by atoms with van der Waals surface area (Å²) < 4.78 is 6.27. The van der Waals surface area contributed by atoms with Crippen LogP contribution < -0.4 is 10.5 Å². The van der Waals surface area contributed by atoms with E-state index in [1.807, 2.05) is 12.1 Å². The van der Waals surface area contributed by atoms with Crippen molar-refractivity contribution in [3.8, 4) is 5.75 Å². The second-order valence-corrected chi connectivity index (χ2v) is 4.97. The molecule has 3 nitrogen and oxygen atoms in total. The van der Waals surface area contributed by atoms with Gasteiger partial charge in [0.15, 0.2) is 0 Å². The van der Waals surface area contributed by atoms with Gasteiger partial charge in [0.25, 0.3) is 0 Å². The van der Waals surface area contributed by atoms with Crippen molar-refractivity contribution in [2.45, 2.75) is 25.8 Å². The number of rotatable bonds is 4. The van der Waals surface area contributed by atoms with Gasteiger partial charge in [-0.3, -0.25) is 0 Å². The predicted octanol–water partition coefficient (Wildman–Crippen LogP) is 2.57. The van der Waals surface area contributed by atoms with Crippen LogP contribution in [0.5, 0.6) is 5.75 Å². The monoisotopic (exact) mass is 287 g/mol. The van der Waals surface area contributed by atoms with E-state index in [2.05, 4.69) is 29.8 Å². The Morgan fingerprint density at radius 1 is 1.44 bits per heavy atom. The van der Waals surface area contributed by atoms with Gasteiger partial charge in [-0.25, -0.2) is 0 Å². The minimum absolute atomic E-state index is 0.0701. The number of aliphatic hydroxyl groups is 1. The van der Waals surface area contributed by atoms with Gasteiger partial charge in [0, 0.05) is 10.0 Å². The Hall–Kier alpha value is -0.580. The number of methoxy groups -OCH3 is 1. The lowest BCUT2D eigenvalue weighted by molar-refractivity contribution is 0.267. The van der Waals surface area contributed by atoms with Gasteiger partial charge in [-0.2, -0.15) is 0 Å². The number of halogens is 1. The molecule has 0 amide bonds. The maximum absolute atomic E-state index is 9.17. The Morgan fingerprint density at radius 3 is 2.50 bits per heavy atom. The minimum Gasteiger partial charge on any atom is -0.496 e. The van der Waals surface area contributed by atoms with Crippen molar-refractivity contribution in [3.63, 3.8) is 0 Å². The summed E-state index contributed by atoms with van der Waals surface area (Å²) in [6.07, 6.45) is 0. The van der Waals surface area contributed by atoms with Crippen molar-refractivity contribution in [1.82, 2.24) is 0 Å². The zero-order chi connectivity index (χ0) is 12.3. The van der Waals surface area contributed by atoms with Crippen molar-refractivity contribution in [3.05, 3.63) is 27.7 Å². The molecular weight excluding hydrogens is 270 g/mol. The van der Waals surface area contributed by atoms with Crippen LogP contribution in [0.2, 0.25) is 0 Å². The summed E-state index contributed by atoms with van der Waals surface area (Å²) in [6, 6.07) is 3.49. The van der Waals surface area contributed by atoms with E-state index in [9.17, 15) is 0 Å². The first-order valence-electron chi connectivity index (χ1n) is 5.25. The molecule has 1 unspecified atom stereocenters. The molecule has 0 heterocycles. The maximum atomic E-state index is 9.17. The Morgan fingerprint density at radius 2 is 2.06 bits per heavy atom. The molecule has 1 rings (SSSR count). The quantitative estimate of drug-likeness (QED) is 0.895. The fraction of sp³-hybridized carbons (Fsp3) is 0.500. The average molecular weight is 288 g/mol. The molecule has 0 bridgehead atoms. The number of ether oxygens (including phenoxy) is 1. The van der Waals surface area contributed by atoms with Crippen molar-refractivity contribution in [2.24, 2.45) is 5.73 Å². The maximum Gasteiger partial charge on any atom is 0.123 e. The van der Waals surface area contributed by atoms with Gasteiger partial charge in [-0.1, -0.05) is 29.8 Å². The topological polar surface area (TPSA) is 55.5 Å². The van der Waals surface area contributed by atoms with E-state index < -0.39 is 0 Å². The molecule has 16 heavy (non-hydrogen) atoms. The second kappa shape index (κ2) is 5.66. The lowest BCUT2D eigenvalue weighted by Crippen LogP contribution is -2.17. The Balaban J connectivity index is 3.38. The third kappa shape index (κ3) is 2.75. The Labute approximate surface area is 105 Å². The highest BCUT2D eigenvalue weighted by atomic mass is 79.9. The zero-order valence-corrected chi connectivity index (χ0v) is 11.4. The first kappa shape index (κ1) is 13.5. The van der Waals surface area contributed by atoms with Crippen molar-refractivity contribution in [2.75, 3.05) is 13.7 Å². The van der Waals surface area contributed by atoms with Gasteiger partial charge in [0.05, 0.1) is 19.8 Å². The highest BCUT2D eigenvalue weighted by Crippen LogP contribution is 2.35. The molecular formula is C12H18BrNO2. The fourth-order valence-electron chi connectivity index (χ4n) is 1.81. The zero-order valence-electron chi connectivity index (χ0n) is 9.83. The standard InChI is InChI=1S/C12H18BrNO2/c1-7(2)12-9(10(14)6-15)4-8(13)5-11(12)16-3/h4-5,7,10,15H,6,14H2,1-3H3. The lowest BCUT2D eigenvalue weighted by atomic mass is 9.92. The molecule has 0 aliphatic carbocycles. The largest absolute Gasteiger partial charge is 0.496 e. The summed E-state index contributed by atoms with van der Waals surface area (Å²) in [5.74, 6) is 1.11. The molecule has 3 N–H and O–H groups in total. The van der Waals surface area contributed by atoms with Crippen LogP contribution in [0, 0.1) is 0 Å². The van der Waals surface area contributed by atoms with Crippen molar-refractivity contribution < 1.29 is 9.84 Å². The van der Waals surface area contributed by atoms with Crippen LogP contribution in [-0.2, 0) is 0 Å². The highest BCUT2D eigenvalue weighted by Gasteiger charge is 2.18. The van der Waals surface area contributed by atoms with Crippen LogP contribution in [-0.4, -0.2) is 18.8 Å². The molecule has 1 atom stereocenters. The van der Waals surface area contributed by atoms with E-state index >= 15 is 0 Å². The van der Waals surface area contributed by atoms with Gasteiger partial charge in [-0.15, -0.1) is 0 Å². The van der Waals surface area contributed by atoms with Gasteiger partial charge in [-0.05, 0) is 23.6 Å². The minimum atomic E-state index is -0.371. The average Bonchev–Trinajstić information content (AvgIpc) is 2.26. The summed E-state index contributed by atoms with van der Waals surface area (Å²) >= 11 is 3.42. The third-order valence-electron chi connectivity index (χ3n) is 2.53. The van der Waals surface area contributed by atoms with E-state index in [1.54, 1.807) is 7.11 Å². The first-order valence-corrected chi connectivity index (χ1v) is 6.04. The summed E-state index contributed by atoms with van der Waals surface area (Å²) in [6.45, 7) is 4.10. The van der Waals surface area contributed by atoms with Gasteiger partial charge < -0.3 is 15.6 Å². The molecule has 0 spiro atoms. The molecule has 0 aromatic heterocycles. The second-order valence-electron chi connectivity index (χ2n) is 4.05. The molecule has 1 aromatic rings. The Bertz CT molecular complexity index is 366. The summed E-state index contributed by atoms with van der Waals surface area (Å²) in [5, 5.41) is 9.17. The van der Waals surface area contributed by atoms with Crippen LogP contribution in [0.15, 0.2) is 16.6 Å². The molecule has 1 aromatic carbocycles. The molecule has 90 valence electrons. The van der Waals surface area contributed by atoms with E-state index in [4.69, 9.17) is 15.6 Å². The number of aliphatic hydroxyl groups excluding tert-OH is 1. The van der Waals surface area contributed by atoms with E-state index in [0.29, 0.717) is 5.92 Å². The number of hydrogen-bond acceptors (Lipinski definition) is 3. The molecule has 0 radical (unpaired) electrons. The normalized spacial score (nSPS) is 12.9. The first-order chi connectivity index (χ1) is 7.51. The van der Waals surface area contributed by atoms with Crippen LogP contribution in [0.4, 0.5) is 0 Å². The van der Waals surface area contributed by atoms with Gasteiger partial charge >= 0.3 is 0 Å². The van der Waals surface area contributed by atoms with Crippen molar-refractivity contribution >= 4 is 15.9 Å². The van der Waals surface area contributed by atoms with Crippen molar-refractivity contribution in [1.29, 1.82) is 0 Å². The summed E-state index contributed by atoms with van der Waals surface area (Å²) in [7, 11) is 1.64. The molecule has 0 saturated carbocycles. The van der Waals surface area contributed by atoms with E-state index in [-0.39, 0.29) is 12.6 Å². The highest BCUT2D eigenvalue weighted by molar-refractivity contribution is 9.10. The van der Waals surface area contributed by atoms with Crippen LogP contribution >= 0.6 is 15.9 Å². The molecule has 0 saturated heterocycles. The van der Waals surface area contributed by atoms with E-state index in [0.717, 1.165) is 21.3 Å². The van der Waals surface area contributed by atoms with Gasteiger partial charge in [0.1, 0.15) is 5.75 Å². The summed E-state index contributed by atoms with van der Waals surface area (Å²) in [4.78, 5) is 0. The van der Waals surface area contributed by atoms with Crippen LogP contribution in [0.1, 0.15) is 36.9 Å². The number of benzene rings is 1. The lowest BCUT2D eigenvalue weighted by Gasteiger charge is -2.20. The fourth-order valence-corrected chi connectivity index (χ4v) is 2.26. The van der Waals surface area contributed by atoms with E-state index in [1.165, 1.54) is 0 Å². The van der Waals surface area contributed by atoms with Crippen LogP contribution in [0.25, 0.3) is 0 Å². The summed E-state index contributed by atoms with van der Waals surface area (Å²) in [5.41, 5.74) is 7.90. The predicted molar refractivity (Wildman–Crippen MR) is 68.8 cm³/mol. The molecule has 0 aliphatic rings. The van der Waals surface area contributed by atoms with Crippen LogP contribution in [0.3, 0.4) is 0 Å². The van der Waals surface area contributed by atoms with Gasteiger partial charge in [0.2, 0.25) is 0 Å².